The van der Waals surface area contributed by atoms with Gasteiger partial charge in [-0.1, -0.05) is 37.6 Å². The second-order valence-electron chi connectivity index (χ2n) is 12.2. The number of ether oxygens (including phenoxy) is 1. The number of aliphatic carboxylic acids is 1. The molecule has 0 amide bonds. The van der Waals surface area contributed by atoms with Crippen LogP contribution >= 0.6 is 11.6 Å². The molecule has 0 unspecified atom stereocenters. The Labute approximate surface area is 243 Å². The molecule has 2 aromatic heterocycles. The number of halogens is 1. The summed E-state index contributed by atoms with van der Waals surface area (Å²) in [6, 6.07) is 9.58. The van der Waals surface area contributed by atoms with Crippen LogP contribution in [0, 0.1) is 19.3 Å². The lowest BCUT2D eigenvalue weighted by Crippen LogP contribution is -2.38. The van der Waals surface area contributed by atoms with Crippen LogP contribution in [0.3, 0.4) is 0 Å². The number of pyridine rings is 2. The maximum Gasteiger partial charge on any atom is 0.307 e. The topological polar surface area (TPSA) is 95.8 Å². The molecule has 1 saturated heterocycles. The standard InChI is InChI=1S/C28H32ClN3O3.C4H10O/c1-18-6-5-7-24(29)23(18)17-35-20-8-9-25(31-15-20)22-16-30-19(2)21(14-26(33)34)27(22)32-12-10-28(3,4)11-13-32;1-4(2,3)5/h5-9,15-16H,10-14,17H2,1-4H3,(H,33,34);5H,1-3H3. The van der Waals surface area contributed by atoms with Crippen LogP contribution in [-0.4, -0.2) is 44.8 Å². The molecule has 4 rings (SSSR count). The molecule has 7 nitrogen and oxygen atoms in total. The van der Waals surface area contributed by atoms with Crippen molar-refractivity contribution in [3.05, 3.63) is 70.1 Å². The van der Waals surface area contributed by atoms with Crippen molar-refractivity contribution < 1.29 is 19.7 Å². The number of carbonyl (C=O) groups is 1. The number of carboxylic acid groups (broad SMARTS) is 1. The second kappa shape index (κ2) is 13.0. The lowest BCUT2D eigenvalue weighted by atomic mass is 9.82. The molecule has 0 aliphatic carbocycles. The number of benzene rings is 1. The van der Waals surface area contributed by atoms with Crippen molar-refractivity contribution in [2.75, 3.05) is 18.0 Å². The predicted molar refractivity (Wildman–Crippen MR) is 161 cm³/mol. The Balaban J connectivity index is 0.000000810. The fraction of sp³-hybridized carbons (Fsp3) is 0.469. The van der Waals surface area contributed by atoms with Crippen LogP contribution in [0.5, 0.6) is 5.75 Å². The van der Waals surface area contributed by atoms with Gasteiger partial charge in [0, 0.05) is 46.7 Å². The van der Waals surface area contributed by atoms with Gasteiger partial charge in [0.2, 0.25) is 0 Å². The zero-order valence-corrected chi connectivity index (χ0v) is 25.5. The molecular weight excluding hydrogens is 526 g/mol. The fourth-order valence-electron chi connectivity index (χ4n) is 4.51. The molecule has 8 heteroatoms. The molecule has 0 spiro atoms. The summed E-state index contributed by atoms with van der Waals surface area (Å²) in [5.41, 5.74) is 5.83. The van der Waals surface area contributed by atoms with E-state index in [1.54, 1.807) is 27.0 Å². The van der Waals surface area contributed by atoms with E-state index in [0.717, 1.165) is 65.3 Å². The molecule has 0 bridgehead atoms. The summed E-state index contributed by atoms with van der Waals surface area (Å²) in [7, 11) is 0. The first-order valence-corrected chi connectivity index (χ1v) is 14.0. The van der Waals surface area contributed by atoms with Crippen LogP contribution in [-0.2, 0) is 17.8 Å². The minimum atomic E-state index is -0.864. The minimum absolute atomic E-state index is 0.0692. The highest BCUT2D eigenvalue weighted by atomic mass is 35.5. The van der Waals surface area contributed by atoms with Gasteiger partial charge < -0.3 is 19.8 Å². The Morgan fingerprint density at radius 1 is 1.05 bits per heavy atom. The number of aryl methyl sites for hydroxylation is 2. The maximum atomic E-state index is 11.7. The molecule has 1 fully saturated rings. The van der Waals surface area contributed by atoms with Gasteiger partial charge in [-0.25, -0.2) is 0 Å². The Kier molecular flexibility index (Phi) is 10.2. The second-order valence-corrected chi connectivity index (χ2v) is 12.6. The molecular formula is C32H42ClN3O4. The normalized spacial score (nSPS) is 14.8. The van der Waals surface area contributed by atoms with Crippen molar-refractivity contribution >= 4 is 23.3 Å². The first-order chi connectivity index (χ1) is 18.6. The number of anilines is 1. The van der Waals surface area contributed by atoms with E-state index in [1.165, 1.54) is 0 Å². The third-order valence-corrected chi connectivity index (χ3v) is 7.23. The summed E-state index contributed by atoms with van der Waals surface area (Å²) in [5, 5.41) is 18.8. The average molecular weight is 568 g/mol. The number of carboxylic acids is 1. The number of aromatic nitrogens is 2. The van der Waals surface area contributed by atoms with Crippen LogP contribution in [0.4, 0.5) is 5.69 Å². The van der Waals surface area contributed by atoms with Gasteiger partial charge >= 0.3 is 5.97 Å². The van der Waals surface area contributed by atoms with Crippen LogP contribution in [0.25, 0.3) is 11.3 Å². The Hall–Kier alpha value is -3.16. The first-order valence-electron chi connectivity index (χ1n) is 13.7. The van der Waals surface area contributed by atoms with E-state index in [2.05, 4.69) is 28.7 Å². The molecule has 40 heavy (non-hydrogen) atoms. The molecule has 2 N–H and O–H groups in total. The van der Waals surface area contributed by atoms with E-state index >= 15 is 0 Å². The van der Waals surface area contributed by atoms with Crippen molar-refractivity contribution in [3.63, 3.8) is 0 Å². The van der Waals surface area contributed by atoms with E-state index in [4.69, 9.17) is 21.4 Å². The highest BCUT2D eigenvalue weighted by molar-refractivity contribution is 6.31. The molecule has 3 aromatic rings. The molecule has 0 saturated carbocycles. The number of piperidine rings is 1. The van der Waals surface area contributed by atoms with Crippen LogP contribution in [0.15, 0.2) is 42.7 Å². The van der Waals surface area contributed by atoms with Gasteiger partial charge in [0.1, 0.15) is 12.4 Å². The van der Waals surface area contributed by atoms with E-state index in [9.17, 15) is 9.90 Å². The monoisotopic (exact) mass is 567 g/mol. The van der Waals surface area contributed by atoms with Crippen molar-refractivity contribution in [1.29, 1.82) is 0 Å². The first kappa shape index (κ1) is 31.4. The Bertz CT molecular complexity index is 1280. The molecule has 1 aromatic carbocycles. The average Bonchev–Trinajstić information content (AvgIpc) is 2.84. The molecule has 216 valence electrons. The summed E-state index contributed by atoms with van der Waals surface area (Å²) in [4.78, 5) is 23.2. The van der Waals surface area contributed by atoms with Crippen molar-refractivity contribution in [2.24, 2.45) is 5.41 Å². The van der Waals surface area contributed by atoms with Gasteiger partial charge in [-0.2, -0.15) is 0 Å². The zero-order valence-electron chi connectivity index (χ0n) is 24.7. The van der Waals surface area contributed by atoms with Crippen molar-refractivity contribution in [2.45, 2.75) is 79.9 Å². The van der Waals surface area contributed by atoms with Crippen molar-refractivity contribution in [3.8, 4) is 17.0 Å². The molecule has 1 aliphatic heterocycles. The van der Waals surface area contributed by atoms with Gasteiger partial charge in [-0.3, -0.25) is 14.8 Å². The van der Waals surface area contributed by atoms with Gasteiger partial charge in [0.25, 0.3) is 0 Å². The Morgan fingerprint density at radius 2 is 1.70 bits per heavy atom. The lowest BCUT2D eigenvalue weighted by molar-refractivity contribution is -0.136. The number of aliphatic hydroxyl groups is 1. The van der Waals surface area contributed by atoms with E-state index in [0.29, 0.717) is 17.4 Å². The smallest absolute Gasteiger partial charge is 0.307 e. The van der Waals surface area contributed by atoms with Gasteiger partial charge in [0.15, 0.2) is 0 Å². The van der Waals surface area contributed by atoms with Crippen molar-refractivity contribution in [1.82, 2.24) is 9.97 Å². The number of hydrogen-bond donors (Lipinski definition) is 2. The molecule has 0 radical (unpaired) electrons. The molecule has 0 atom stereocenters. The number of rotatable bonds is 7. The zero-order chi connectivity index (χ0) is 29.7. The predicted octanol–water partition coefficient (Wildman–Crippen LogP) is 7.02. The summed E-state index contributed by atoms with van der Waals surface area (Å²) < 4.78 is 5.96. The third kappa shape index (κ3) is 8.93. The van der Waals surface area contributed by atoms with E-state index in [1.807, 2.05) is 50.4 Å². The third-order valence-electron chi connectivity index (χ3n) is 6.87. The number of hydrogen-bond acceptors (Lipinski definition) is 6. The maximum absolute atomic E-state index is 11.7. The van der Waals surface area contributed by atoms with Crippen LogP contribution < -0.4 is 9.64 Å². The molecule has 3 heterocycles. The van der Waals surface area contributed by atoms with Gasteiger partial charge in [-0.15, -0.1) is 0 Å². The van der Waals surface area contributed by atoms with E-state index < -0.39 is 11.6 Å². The van der Waals surface area contributed by atoms with Gasteiger partial charge in [-0.05, 0) is 76.6 Å². The quantitative estimate of drug-likeness (QED) is 0.316. The van der Waals surface area contributed by atoms with Crippen LogP contribution in [0.1, 0.15) is 69.8 Å². The molecule has 1 aliphatic rings. The largest absolute Gasteiger partial charge is 0.487 e. The SMILES string of the molecule is CC(C)(C)O.Cc1cccc(Cl)c1COc1ccc(-c2cnc(C)c(CC(=O)O)c2N2CCC(C)(C)CC2)nc1. The Morgan fingerprint density at radius 3 is 2.25 bits per heavy atom. The summed E-state index contributed by atoms with van der Waals surface area (Å²) in [6.45, 7) is 15.8. The lowest BCUT2D eigenvalue weighted by Gasteiger charge is -2.40. The minimum Gasteiger partial charge on any atom is -0.487 e. The summed E-state index contributed by atoms with van der Waals surface area (Å²) >= 11 is 6.32. The van der Waals surface area contributed by atoms with Gasteiger partial charge in [0.05, 0.1) is 29.6 Å². The highest BCUT2D eigenvalue weighted by Gasteiger charge is 2.29. The summed E-state index contributed by atoms with van der Waals surface area (Å²) in [5.74, 6) is -0.225. The number of nitrogens with zero attached hydrogens (tertiary/aromatic N) is 3. The summed E-state index contributed by atoms with van der Waals surface area (Å²) in [6.07, 6.45) is 5.53. The van der Waals surface area contributed by atoms with Crippen LogP contribution in [0.2, 0.25) is 5.02 Å². The highest BCUT2D eigenvalue weighted by Crippen LogP contribution is 2.39. The van der Waals surface area contributed by atoms with E-state index in [-0.39, 0.29) is 11.8 Å². The fourth-order valence-corrected chi connectivity index (χ4v) is 4.79.